The molecule has 3 aromatic heterocycles. The summed E-state index contributed by atoms with van der Waals surface area (Å²) < 4.78 is 56.4. The van der Waals surface area contributed by atoms with Gasteiger partial charge >= 0.3 is 6.18 Å². The zero-order valence-electron chi connectivity index (χ0n) is 21.6. The largest absolute Gasteiger partial charge is 0.451 e. The van der Waals surface area contributed by atoms with E-state index in [-0.39, 0.29) is 54.3 Å². The van der Waals surface area contributed by atoms with Crippen LogP contribution >= 0.6 is 0 Å². The molecule has 11 nitrogen and oxygen atoms in total. The Kier molecular flexibility index (Phi) is 6.58. The van der Waals surface area contributed by atoms with Gasteiger partial charge in [0.1, 0.15) is 11.6 Å². The van der Waals surface area contributed by atoms with Crippen LogP contribution in [0.1, 0.15) is 47.7 Å². The molecule has 0 bridgehead atoms. The summed E-state index contributed by atoms with van der Waals surface area (Å²) in [5, 5.41) is 10.3. The standard InChI is InChI=1S/C26H25F4N9O2/c27-17-2-1-3-18-21(17)16(22(31)40)12-39(18)19-8-9-32-25(34-19)33-15-6-4-14(5-7-15)23(41)37-10-11-38-20(13-37)35-36-24(38)26(28,29)30/h1-3,8-9,12,14-15H,4-7,10-11,13H2,(H2,31,40)(H,32,33,34)/t14-,15-. The number of aromatic nitrogens is 6. The Bertz CT molecular complexity index is 1640. The normalized spacial score (nSPS) is 19.3. The van der Waals surface area contributed by atoms with Gasteiger partial charge in [-0.25, -0.2) is 9.37 Å². The van der Waals surface area contributed by atoms with Crippen molar-refractivity contribution in [2.45, 2.75) is 51.0 Å². The van der Waals surface area contributed by atoms with Crippen molar-refractivity contribution in [3.63, 3.8) is 0 Å². The lowest BCUT2D eigenvalue weighted by atomic mass is 9.85. The highest BCUT2D eigenvalue weighted by atomic mass is 19.4. The lowest BCUT2D eigenvalue weighted by Gasteiger charge is -2.34. The Morgan fingerprint density at radius 2 is 1.83 bits per heavy atom. The summed E-state index contributed by atoms with van der Waals surface area (Å²) in [6, 6.07) is 6.09. The molecule has 3 N–H and O–H groups in total. The Morgan fingerprint density at radius 3 is 2.56 bits per heavy atom. The molecule has 0 saturated heterocycles. The highest BCUT2D eigenvalue weighted by Gasteiger charge is 2.40. The molecule has 0 atom stereocenters. The molecule has 2 amide bonds. The van der Waals surface area contributed by atoms with E-state index in [2.05, 4.69) is 25.5 Å². The molecule has 6 rings (SSSR count). The van der Waals surface area contributed by atoms with Crippen LogP contribution in [0.4, 0.5) is 23.5 Å². The van der Waals surface area contributed by atoms with Gasteiger partial charge in [0.15, 0.2) is 5.82 Å². The zero-order valence-corrected chi connectivity index (χ0v) is 21.6. The minimum Gasteiger partial charge on any atom is -0.366 e. The van der Waals surface area contributed by atoms with Gasteiger partial charge in [0, 0.05) is 42.8 Å². The Hall–Kier alpha value is -4.56. The number of nitrogens with zero attached hydrogens (tertiary/aromatic N) is 7. The van der Waals surface area contributed by atoms with Crippen LogP contribution < -0.4 is 11.1 Å². The maximum Gasteiger partial charge on any atom is 0.451 e. The van der Waals surface area contributed by atoms with E-state index >= 15 is 0 Å². The molecule has 0 radical (unpaired) electrons. The quantitative estimate of drug-likeness (QED) is 0.351. The highest BCUT2D eigenvalue weighted by molar-refractivity contribution is 6.06. The van der Waals surface area contributed by atoms with Crippen molar-refractivity contribution in [2.75, 3.05) is 11.9 Å². The second-order valence-electron chi connectivity index (χ2n) is 10.2. The Morgan fingerprint density at radius 1 is 1.05 bits per heavy atom. The predicted octanol–water partition coefficient (Wildman–Crippen LogP) is 3.28. The lowest BCUT2D eigenvalue weighted by Crippen LogP contribution is -2.43. The minimum absolute atomic E-state index is 0.00223. The van der Waals surface area contributed by atoms with Crippen LogP contribution in [0.2, 0.25) is 0 Å². The summed E-state index contributed by atoms with van der Waals surface area (Å²) in [5.41, 5.74) is 5.96. The van der Waals surface area contributed by atoms with E-state index in [9.17, 15) is 27.2 Å². The van der Waals surface area contributed by atoms with E-state index in [1.54, 1.807) is 27.8 Å². The first-order valence-electron chi connectivity index (χ1n) is 13.1. The summed E-state index contributed by atoms with van der Waals surface area (Å²) in [5.74, 6) is -1.81. The fraction of sp³-hybridized carbons (Fsp3) is 0.385. The Balaban J connectivity index is 1.10. The van der Waals surface area contributed by atoms with Crippen molar-refractivity contribution in [1.29, 1.82) is 0 Å². The number of fused-ring (bicyclic) bond motifs is 2. The summed E-state index contributed by atoms with van der Waals surface area (Å²) in [4.78, 5) is 35.5. The van der Waals surface area contributed by atoms with Crippen LogP contribution in [0.25, 0.3) is 16.7 Å². The van der Waals surface area contributed by atoms with E-state index in [1.165, 1.54) is 18.3 Å². The highest BCUT2D eigenvalue weighted by Crippen LogP contribution is 2.32. The molecule has 15 heteroatoms. The van der Waals surface area contributed by atoms with Crippen LogP contribution in [0.5, 0.6) is 0 Å². The third-order valence-electron chi connectivity index (χ3n) is 7.66. The number of hydrogen-bond acceptors (Lipinski definition) is 7. The van der Waals surface area contributed by atoms with Crippen LogP contribution in [0.15, 0.2) is 36.7 Å². The van der Waals surface area contributed by atoms with Gasteiger partial charge < -0.3 is 25.1 Å². The smallest absolute Gasteiger partial charge is 0.366 e. The first kappa shape index (κ1) is 26.7. The summed E-state index contributed by atoms with van der Waals surface area (Å²) in [6.45, 7) is 0.162. The van der Waals surface area contributed by atoms with E-state index in [1.807, 2.05) is 0 Å². The van der Waals surface area contributed by atoms with Gasteiger partial charge in [-0.05, 0) is 43.9 Å². The van der Waals surface area contributed by atoms with Gasteiger partial charge in [-0.1, -0.05) is 6.07 Å². The molecule has 1 fully saturated rings. The van der Waals surface area contributed by atoms with Gasteiger partial charge in [-0.3, -0.25) is 9.59 Å². The number of primary amides is 1. The zero-order chi connectivity index (χ0) is 28.9. The van der Waals surface area contributed by atoms with Gasteiger partial charge in [-0.15, -0.1) is 10.2 Å². The maximum atomic E-state index is 14.5. The van der Waals surface area contributed by atoms with E-state index in [0.717, 1.165) is 4.57 Å². The number of anilines is 1. The summed E-state index contributed by atoms with van der Waals surface area (Å²) in [6.07, 6.45) is 0.922. The maximum absolute atomic E-state index is 14.5. The second-order valence-corrected chi connectivity index (χ2v) is 10.2. The molecule has 4 heterocycles. The van der Waals surface area contributed by atoms with Gasteiger partial charge in [0.05, 0.1) is 17.6 Å². The molecule has 1 aromatic carbocycles. The molecule has 1 aliphatic carbocycles. The van der Waals surface area contributed by atoms with Crippen LogP contribution in [0, 0.1) is 11.7 Å². The summed E-state index contributed by atoms with van der Waals surface area (Å²) >= 11 is 0. The fourth-order valence-electron chi connectivity index (χ4n) is 5.65. The molecule has 0 unspecified atom stereocenters. The minimum atomic E-state index is -4.59. The first-order valence-corrected chi connectivity index (χ1v) is 13.1. The number of halogens is 4. The number of benzene rings is 1. The van der Waals surface area contributed by atoms with Crippen LogP contribution in [0.3, 0.4) is 0 Å². The van der Waals surface area contributed by atoms with Gasteiger partial charge in [0.25, 0.3) is 5.91 Å². The van der Waals surface area contributed by atoms with Gasteiger partial charge in [-0.2, -0.15) is 18.2 Å². The molecule has 41 heavy (non-hydrogen) atoms. The first-order chi connectivity index (χ1) is 19.6. The summed E-state index contributed by atoms with van der Waals surface area (Å²) in [7, 11) is 0. The second kappa shape index (κ2) is 10.1. The monoisotopic (exact) mass is 571 g/mol. The van der Waals surface area contributed by atoms with Crippen molar-refractivity contribution in [1.82, 2.24) is 34.2 Å². The molecule has 2 aliphatic rings. The van der Waals surface area contributed by atoms with Crippen molar-refractivity contribution in [3.8, 4) is 5.82 Å². The molecule has 1 aliphatic heterocycles. The third-order valence-corrected chi connectivity index (χ3v) is 7.66. The number of amides is 2. The number of carbonyl (C=O) groups excluding carboxylic acids is 2. The lowest BCUT2D eigenvalue weighted by molar-refractivity contribution is -0.148. The molecular formula is C26H25F4N9O2. The molecular weight excluding hydrogens is 546 g/mol. The molecule has 4 aromatic rings. The van der Waals surface area contributed by atoms with Crippen molar-refractivity contribution < 1.29 is 27.2 Å². The number of nitrogens with two attached hydrogens (primary N) is 1. The van der Waals surface area contributed by atoms with E-state index < -0.39 is 23.7 Å². The van der Waals surface area contributed by atoms with Crippen molar-refractivity contribution >= 4 is 28.7 Å². The predicted molar refractivity (Wildman–Crippen MR) is 137 cm³/mol. The number of rotatable bonds is 5. The SMILES string of the molecule is NC(=O)c1cn(-c2ccnc(N[C@H]3CC[C@H](C(=O)N4CCn5c(nnc5C(F)(F)F)C4)CC3)n2)c2cccc(F)c12. The van der Waals surface area contributed by atoms with Crippen LogP contribution in [-0.2, 0) is 24.1 Å². The Labute approximate surface area is 230 Å². The average molecular weight is 572 g/mol. The third kappa shape index (κ3) is 4.95. The molecule has 0 spiro atoms. The van der Waals surface area contributed by atoms with Gasteiger partial charge in [0.2, 0.25) is 17.7 Å². The number of carbonyl (C=O) groups is 2. The number of hydrogen-bond donors (Lipinski definition) is 2. The average Bonchev–Trinajstić information content (AvgIpc) is 3.56. The number of nitrogens with one attached hydrogen (secondary N) is 1. The van der Waals surface area contributed by atoms with E-state index in [0.29, 0.717) is 43.0 Å². The molecule has 1 saturated carbocycles. The molecule has 214 valence electrons. The topological polar surface area (TPSA) is 137 Å². The number of alkyl halides is 3. The van der Waals surface area contributed by atoms with Crippen LogP contribution in [-0.4, -0.2) is 58.6 Å². The van der Waals surface area contributed by atoms with Crippen molar-refractivity contribution in [2.24, 2.45) is 11.7 Å². The van der Waals surface area contributed by atoms with Crippen molar-refractivity contribution in [3.05, 3.63) is 59.7 Å². The van der Waals surface area contributed by atoms with E-state index in [4.69, 9.17) is 5.73 Å². The fourth-order valence-corrected chi connectivity index (χ4v) is 5.65.